The SMILES string of the molecule is COC(=O)CSc1nnc2n(Cc3ccc(F)cc3)c3ccccc3n12. The topological polar surface area (TPSA) is 61.4 Å². The minimum atomic E-state index is -0.318. The number of para-hydroxylation sites is 2. The lowest BCUT2D eigenvalue weighted by Gasteiger charge is -2.05. The molecule has 2 heterocycles. The fourth-order valence-electron chi connectivity index (χ4n) is 2.84. The predicted octanol–water partition coefficient (Wildman–Crippen LogP) is 3.14. The third-order valence-corrected chi connectivity index (χ3v) is 4.97. The molecule has 0 fully saturated rings. The number of imidazole rings is 1. The van der Waals surface area contributed by atoms with Crippen molar-refractivity contribution in [2.24, 2.45) is 0 Å². The average Bonchev–Trinajstić information content (AvgIpc) is 3.21. The average molecular weight is 370 g/mol. The number of ether oxygens (including phenoxy) is 1. The number of carbonyl (C=O) groups is 1. The highest BCUT2D eigenvalue weighted by molar-refractivity contribution is 7.99. The number of benzene rings is 2. The maximum Gasteiger partial charge on any atom is 0.316 e. The molecule has 0 aliphatic rings. The molecule has 6 nitrogen and oxygen atoms in total. The smallest absolute Gasteiger partial charge is 0.316 e. The summed E-state index contributed by atoms with van der Waals surface area (Å²) in [7, 11) is 1.36. The van der Waals surface area contributed by atoms with Crippen LogP contribution in [0.5, 0.6) is 0 Å². The van der Waals surface area contributed by atoms with E-state index in [0.717, 1.165) is 16.6 Å². The summed E-state index contributed by atoms with van der Waals surface area (Å²) in [6.45, 7) is 0.539. The Hall–Kier alpha value is -2.87. The lowest BCUT2D eigenvalue weighted by Crippen LogP contribution is -2.03. The van der Waals surface area contributed by atoms with Gasteiger partial charge in [0.25, 0.3) is 0 Å². The van der Waals surface area contributed by atoms with Crippen molar-refractivity contribution in [3.8, 4) is 0 Å². The van der Waals surface area contributed by atoms with Gasteiger partial charge in [-0.25, -0.2) is 4.39 Å². The van der Waals surface area contributed by atoms with E-state index < -0.39 is 0 Å². The Morgan fingerprint density at radius 2 is 1.85 bits per heavy atom. The third kappa shape index (κ3) is 2.92. The van der Waals surface area contributed by atoms with Crippen LogP contribution in [0.3, 0.4) is 0 Å². The molecule has 2 aromatic heterocycles. The summed E-state index contributed by atoms with van der Waals surface area (Å²) in [5.41, 5.74) is 2.89. The monoisotopic (exact) mass is 370 g/mol. The van der Waals surface area contributed by atoms with Crippen LogP contribution in [0.4, 0.5) is 4.39 Å². The van der Waals surface area contributed by atoms with Crippen LogP contribution < -0.4 is 0 Å². The molecule has 4 rings (SSSR count). The standard InChI is InChI=1S/C18H15FN4O2S/c1-25-16(24)11-26-18-21-20-17-22(10-12-6-8-13(19)9-7-12)14-4-2-3-5-15(14)23(17)18/h2-9H,10-11H2,1H3. The van der Waals surface area contributed by atoms with Gasteiger partial charge in [-0.2, -0.15) is 0 Å². The summed E-state index contributed by atoms with van der Waals surface area (Å²) in [6.07, 6.45) is 0. The summed E-state index contributed by atoms with van der Waals surface area (Å²) >= 11 is 1.28. The first kappa shape index (κ1) is 16.6. The normalized spacial score (nSPS) is 11.3. The molecular formula is C18H15FN4O2S. The summed E-state index contributed by atoms with van der Waals surface area (Å²) in [5.74, 6) is 0.249. The summed E-state index contributed by atoms with van der Waals surface area (Å²) in [6, 6.07) is 14.3. The van der Waals surface area contributed by atoms with E-state index in [1.54, 1.807) is 12.1 Å². The van der Waals surface area contributed by atoms with Crippen molar-refractivity contribution in [2.75, 3.05) is 12.9 Å². The predicted molar refractivity (Wildman–Crippen MR) is 96.7 cm³/mol. The van der Waals surface area contributed by atoms with Crippen LogP contribution in [0, 0.1) is 5.82 Å². The maximum absolute atomic E-state index is 13.2. The van der Waals surface area contributed by atoms with E-state index >= 15 is 0 Å². The Labute approximate surface area is 152 Å². The molecule has 132 valence electrons. The number of thioether (sulfide) groups is 1. The third-order valence-electron chi connectivity index (χ3n) is 4.07. The van der Waals surface area contributed by atoms with E-state index in [1.165, 1.54) is 31.0 Å². The number of hydrogen-bond donors (Lipinski definition) is 0. The fourth-order valence-corrected chi connectivity index (χ4v) is 3.61. The molecule has 0 radical (unpaired) electrons. The molecule has 26 heavy (non-hydrogen) atoms. The number of nitrogens with zero attached hydrogens (tertiary/aromatic N) is 4. The van der Waals surface area contributed by atoms with E-state index in [1.807, 2.05) is 33.2 Å². The number of halogens is 1. The van der Waals surface area contributed by atoms with Crippen LogP contribution in [0.15, 0.2) is 53.7 Å². The summed E-state index contributed by atoms with van der Waals surface area (Å²) in [5, 5.41) is 9.14. The quantitative estimate of drug-likeness (QED) is 0.399. The van der Waals surface area contributed by atoms with Crippen LogP contribution in [0.25, 0.3) is 16.8 Å². The zero-order valence-electron chi connectivity index (χ0n) is 13.9. The van der Waals surface area contributed by atoms with E-state index in [-0.39, 0.29) is 17.5 Å². The highest BCUT2D eigenvalue weighted by Crippen LogP contribution is 2.26. The molecule has 2 aromatic carbocycles. The zero-order chi connectivity index (χ0) is 18.1. The van der Waals surface area contributed by atoms with Crippen LogP contribution in [-0.4, -0.2) is 38.0 Å². The number of esters is 1. The molecule has 0 amide bonds. The van der Waals surface area contributed by atoms with Crippen LogP contribution in [-0.2, 0) is 16.1 Å². The number of methoxy groups -OCH3 is 1. The van der Waals surface area contributed by atoms with Crippen molar-refractivity contribution < 1.29 is 13.9 Å². The second-order valence-electron chi connectivity index (χ2n) is 5.68. The molecule has 0 bridgehead atoms. The van der Waals surface area contributed by atoms with Crippen molar-refractivity contribution in [3.63, 3.8) is 0 Å². The molecule has 4 aromatic rings. The summed E-state index contributed by atoms with van der Waals surface area (Å²) < 4.78 is 21.8. The number of aromatic nitrogens is 4. The Kier molecular flexibility index (Phi) is 4.34. The van der Waals surface area contributed by atoms with E-state index in [9.17, 15) is 9.18 Å². The van der Waals surface area contributed by atoms with Gasteiger partial charge >= 0.3 is 5.97 Å². The highest BCUT2D eigenvalue weighted by atomic mass is 32.2. The summed E-state index contributed by atoms with van der Waals surface area (Å²) in [4.78, 5) is 11.4. The number of rotatable bonds is 5. The van der Waals surface area contributed by atoms with Gasteiger partial charge in [-0.3, -0.25) is 9.20 Å². The van der Waals surface area contributed by atoms with Gasteiger partial charge in [0.2, 0.25) is 5.78 Å². The maximum atomic E-state index is 13.2. The molecule has 0 spiro atoms. The number of hydrogen-bond acceptors (Lipinski definition) is 5. The van der Waals surface area contributed by atoms with Crippen molar-refractivity contribution in [3.05, 3.63) is 59.9 Å². The molecule has 0 unspecified atom stereocenters. The minimum Gasteiger partial charge on any atom is -0.468 e. The minimum absolute atomic E-state index is 0.161. The molecule has 0 N–H and O–H groups in total. The molecule has 0 saturated heterocycles. The first-order valence-corrected chi connectivity index (χ1v) is 8.92. The molecule has 0 saturated carbocycles. The second-order valence-corrected chi connectivity index (χ2v) is 6.63. The first-order chi connectivity index (χ1) is 12.7. The second kappa shape index (κ2) is 6.80. The van der Waals surface area contributed by atoms with Crippen LogP contribution in [0.1, 0.15) is 5.56 Å². The van der Waals surface area contributed by atoms with Gasteiger partial charge in [0, 0.05) is 0 Å². The molecule has 0 atom stereocenters. The van der Waals surface area contributed by atoms with Gasteiger partial charge in [0.1, 0.15) is 5.82 Å². The van der Waals surface area contributed by atoms with Crippen LogP contribution >= 0.6 is 11.8 Å². The Morgan fingerprint density at radius 3 is 2.58 bits per heavy atom. The Balaban J connectivity index is 1.80. The van der Waals surface area contributed by atoms with Gasteiger partial charge in [-0.05, 0) is 29.8 Å². The van der Waals surface area contributed by atoms with Gasteiger partial charge in [-0.1, -0.05) is 36.0 Å². The first-order valence-electron chi connectivity index (χ1n) is 7.94. The molecule has 0 aliphatic heterocycles. The van der Waals surface area contributed by atoms with E-state index in [2.05, 4.69) is 14.9 Å². The van der Waals surface area contributed by atoms with Crippen molar-refractivity contribution in [1.29, 1.82) is 0 Å². The molecular weight excluding hydrogens is 355 g/mol. The number of fused-ring (bicyclic) bond motifs is 3. The van der Waals surface area contributed by atoms with E-state index in [0.29, 0.717) is 17.5 Å². The largest absolute Gasteiger partial charge is 0.468 e. The lowest BCUT2D eigenvalue weighted by molar-refractivity contribution is -0.137. The van der Waals surface area contributed by atoms with Gasteiger partial charge < -0.3 is 9.30 Å². The highest BCUT2D eigenvalue weighted by Gasteiger charge is 2.18. The van der Waals surface area contributed by atoms with Gasteiger partial charge in [0.05, 0.1) is 30.4 Å². The molecule has 0 aliphatic carbocycles. The number of carbonyl (C=O) groups excluding carboxylic acids is 1. The zero-order valence-corrected chi connectivity index (χ0v) is 14.7. The Bertz CT molecular complexity index is 1090. The van der Waals surface area contributed by atoms with Crippen molar-refractivity contribution in [2.45, 2.75) is 11.7 Å². The van der Waals surface area contributed by atoms with Gasteiger partial charge in [-0.15, -0.1) is 10.2 Å². The molecule has 8 heteroatoms. The van der Waals surface area contributed by atoms with Crippen molar-refractivity contribution in [1.82, 2.24) is 19.2 Å². The van der Waals surface area contributed by atoms with Gasteiger partial charge in [0.15, 0.2) is 5.16 Å². The van der Waals surface area contributed by atoms with Crippen LogP contribution in [0.2, 0.25) is 0 Å². The van der Waals surface area contributed by atoms with E-state index in [4.69, 9.17) is 0 Å². The van der Waals surface area contributed by atoms with Crippen molar-refractivity contribution >= 4 is 34.5 Å². The Morgan fingerprint density at radius 1 is 1.12 bits per heavy atom. The fraction of sp³-hybridized carbons (Fsp3) is 0.167. The lowest BCUT2D eigenvalue weighted by atomic mass is 10.2.